The summed E-state index contributed by atoms with van der Waals surface area (Å²) in [6.45, 7) is 4.80. The van der Waals surface area contributed by atoms with Crippen LogP contribution in [0.1, 0.15) is 35.9 Å². The van der Waals surface area contributed by atoms with Crippen molar-refractivity contribution in [2.24, 2.45) is 0 Å². The lowest BCUT2D eigenvalue weighted by atomic mass is 9.97. The van der Waals surface area contributed by atoms with Crippen LogP contribution in [0.4, 0.5) is 0 Å². The first-order valence-corrected chi connectivity index (χ1v) is 14.6. The zero-order valence-corrected chi connectivity index (χ0v) is 22.9. The largest absolute Gasteiger partial charge is 0.386 e. The lowest BCUT2D eigenvalue weighted by molar-refractivity contribution is 0.0724. The summed E-state index contributed by atoms with van der Waals surface area (Å²) < 4.78 is 37.4. The predicted octanol–water partition coefficient (Wildman–Crippen LogP) is 5.10. The number of aromatic nitrogens is 1. The Hall–Kier alpha value is -2.37. The van der Waals surface area contributed by atoms with Gasteiger partial charge in [-0.3, -0.25) is 4.98 Å². The number of benzene rings is 2. The molecule has 4 aromatic rings. The zero-order valence-electron chi connectivity index (χ0n) is 20.5. The van der Waals surface area contributed by atoms with E-state index >= 15 is 0 Å². The van der Waals surface area contributed by atoms with Crippen molar-refractivity contribution in [2.75, 3.05) is 26.3 Å². The van der Waals surface area contributed by atoms with Gasteiger partial charge in [0, 0.05) is 39.4 Å². The number of nitrogens with one attached hydrogen (secondary N) is 1. The fourth-order valence-electron chi connectivity index (χ4n) is 4.38. The molecule has 0 aliphatic carbocycles. The number of hydrogen-bond acceptors (Lipinski definition) is 6. The molecule has 2 N–H and O–H groups in total. The Morgan fingerprint density at radius 1 is 1.11 bits per heavy atom. The van der Waals surface area contributed by atoms with Crippen molar-refractivity contribution >= 4 is 43.2 Å². The van der Waals surface area contributed by atoms with E-state index in [4.69, 9.17) is 16.3 Å². The third kappa shape index (κ3) is 5.58. The number of aliphatic hydroxyl groups is 1. The molecule has 1 atom stereocenters. The van der Waals surface area contributed by atoms with Crippen LogP contribution in [0.25, 0.3) is 21.3 Å². The quantitative estimate of drug-likeness (QED) is 0.330. The Bertz CT molecular complexity index is 1530. The van der Waals surface area contributed by atoms with Crippen LogP contribution in [0.5, 0.6) is 0 Å². The molecule has 2 aromatic heterocycles. The van der Waals surface area contributed by atoms with Gasteiger partial charge in [0.2, 0.25) is 0 Å². The Morgan fingerprint density at radius 3 is 2.59 bits per heavy atom. The van der Waals surface area contributed by atoms with Crippen molar-refractivity contribution in [2.45, 2.75) is 25.5 Å². The maximum atomic E-state index is 13.4. The first-order valence-electron chi connectivity index (χ1n) is 11.9. The first kappa shape index (κ1) is 26.2. The van der Waals surface area contributed by atoms with Gasteiger partial charge < -0.3 is 9.84 Å². The fraction of sp³-hybridized carbons (Fsp3) is 0.296. The van der Waals surface area contributed by atoms with Gasteiger partial charge in [-0.1, -0.05) is 48.0 Å². The van der Waals surface area contributed by atoms with E-state index in [1.807, 2.05) is 48.5 Å². The number of rotatable bonds is 7. The second-order valence-corrected chi connectivity index (χ2v) is 12.6. The molecule has 0 unspecified atom stereocenters. The minimum Gasteiger partial charge on any atom is -0.386 e. The molecule has 3 heterocycles. The van der Waals surface area contributed by atoms with Crippen LogP contribution in [-0.2, 0) is 20.5 Å². The lowest BCUT2D eigenvalue weighted by Crippen LogP contribution is -2.47. The highest BCUT2D eigenvalue weighted by Crippen LogP contribution is 2.40. The van der Waals surface area contributed by atoms with Crippen LogP contribution >= 0.6 is 22.9 Å². The van der Waals surface area contributed by atoms with E-state index < -0.39 is 21.9 Å². The highest BCUT2D eigenvalue weighted by molar-refractivity contribution is 7.87. The molecule has 0 radical (unpaired) electrons. The van der Waals surface area contributed by atoms with E-state index in [1.54, 1.807) is 32.2 Å². The summed E-state index contributed by atoms with van der Waals surface area (Å²) in [5, 5.41) is 12.0. The number of fused-ring (bicyclic) bond motifs is 1. The van der Waals surface area contributed by atoms with Gasteiger partial charge in [-0.15, -0.1) is 11.3 Å². The van der Waals surface area contributed by atoms with Crippen LogP contribution in [0.3, 0.4) is 0 Å². The van der Waals surface area contributed by atoms with Crippen LogP contribution in [0.2, 0.25) is 5.02 Å². The molecule has 0 spiro atoms. The van der Waals surface area contributed by atoms with Crippen molar-refractivity contribution in [1.29, 1.82) is 0 Å². The van der Waals surface area contributed by atoms with Gasteiger partial charge in [-0.05, 0) is 54.6 Å². The number of pyridine rings is 1. The van der Waals surface area contributed by atoms with E-state index in [2.05, 4.69) is 9.71 Å². The normalized spacial score (nSPS) is 16.2. The summed E-state index contributed by atoms with van der Waals surface area (Å²) in [6, 6.07) is 18.2. The monoisotopic (exact) mass is 557 g/mol. The topological polar surface area (TPSA) is 91.8 Å². The minimum absolute atomic E-state index is 0.296. The fourth-order valence-corrected chi connectivity index (χ4v) is 7.28. The summed E-state index contributed by atoms with van der Waals surface area (Å²) in [4.78, 5) is 5.38. The average molecular weight is 558 g/mol. The van der Waals surface area contributed by atoms with E-state index in [-0.39, 0.29) is 0 Å². The van der Waals surface area contributed by atoms with Crippen LogP contribution < -0.4 is 4.72 Å². The van der Waals surface area contributed by atoms with Crippen LogP contribution in [-0.4, -0.2) is 49.1 Å². The maximum absolute atomic E-state index is 13.4. The highest BCUT2D eigenvalue weighted by Gasteiger charge is 2.30. The molecule has 5 rings (SSSR count). The van der Waals surface area contributed by atoms with E-state index in [0.717, 1.165) is 31.8 Å². The van der Waals surface area contributed by atoms with Gasteiger partial charge in [-0.25, -0.2) is 0 Å². The molecule has 1 aliphatic heterocycles. The van der Waals surface area contributed by atoms with Crippen molar-refractivity contribution in [3.8, 4) is 11.3 Å². The summed E-state index contributed by atoms with van der Waals surface area (Å²) in [5.74, 6) is 0. The van der Waals surface area contributed by atoms with Gasteiger partial charge in [-0.2, -0.15) is 17.4 Å². The van der Waals surface area contributed by atoms with E-state index in [9.17, 15) is 13.5 Å². The third-order valence-corrected chi connectivity index (χ3v) is 9.55. The van der Waals surface area contributed by atoms with Crippen molar-refractivity contribution < 1.29 is 18.3 Å². The van der Waals surface area contributed by atoms with Gasteiger partial charge in [0.15, 0.2) is 0 Å². The minimum atomic E-state index is -3.81. The van der Waals surface area contributed by atoms with Crippen molar-refractivity contribution in [3.05, 3.63) is 87.9 Å². The zero-order chi connectivity index (χ0) is 26.2. The first-order chi connectivity index (χ1) is 17.6. The number of nitrogens with zero attached hydrogens (tertiary/aromatic N) is 2. The molecule has 1 aliphatic rings. The van der Waals surface area contributed by atoms with Crippen LogP contribution in [0, 0.1) is 0 Å². The van der Waals surface area contributed by atoms with Crippen molar-refractivity contribution in [3.63, 3.8) is 0 Å². The van der Waals surface area contributed by atoms with E-state index in [0.29, 0.717) is 36.9 Å². The van der Waals surface area contributed by atoms with Gasteiger partial charge in [0.05, 0.1) is 30.6 Å². The molecule has 1 fully saturated rings. The smallest absolute Gasteiger partial charge is 0.280 e. The van der Waals surface area contributed by atoms with Crippen LogP contribution in [0.15, 0.2) is 66.9 Å². The number of thiophene rings is 1. The second-order valence-electron chi connectivity index (χ2n) is 9.45. The molecule has 1 saturated heterocycles. The molecule has 37 heavy (non-hydrogen) atoms. The molecule has 0 bridgehead atoms. The Kier molecular flexibility index (Phi) is 7.39. The summed E-state index contributed by atoms with van der Waals surface area (Å²) >= 11 is 8.07. The third-order valence-electron chi connectivity index (χ3n) is 6.38. The Labute approximate surface area is 225 Å². The van der Waals surface area contributed by atoms with Crippen molar-refractivity contribution in [1.82, 2.24) is 14.0 Å². The summed E-state index contributed by atoms with van der Waals surface area (Å²) in [7, 11) is -3.81. The molecule has 10 heteroatoms. The predicted molar refractivity (Wildman–Crippen MR) is 148 cm³/mol. The second kappa shape index (κ2) is 10.4. The molecule has 7 nitrogen and oxygen atoms in total. The van der Waals surface area contributed by atoms with Gasteiger partial charge in [0.1, 0.15) is 0 Å². The Morgan fingerprint density at radius 2 is 1.86 bits per heavy atom. The lowest BCUT2D eigenvalue weighted by Gasteiger charge is -2.28. The average Bonchev–Trinajstić information content (AvgIpc) is 3.32. The number of hydrogen-bond donors (Lipinski definition) is 2. The molecule has 2 aromatic carbocycles. The SMILES string of the molecule is CC(C)(O)c1ccnc(-c2cccc3cc([C@H](NS(=O)(=O)N4CCOCC4)c4ccccc4Cl)sc23)c1. The number of halogens is 1. The summed E-state index contributed by atoms with van der Waals surface area (Å²) in [6.07, 6.45) is 1.69. The number of morpholine rings is 1. The standard InChI is InChI=1S/C27H28ClN3O4S2/c1-27(2,32)19-10-11-29-23(17-19)21-8-5-6-18-16-24(36-26(18)21)25(20-7-3-4-9-22(20)28)30-37(33,34)31-12-14-35-15-13-31/h3-11,16-17,25,30,32H,12-15H2,1-2H3/t25-/m1/s1. The molecule has 0 saturated carbocycles. The Balaban J connectivity index is 1.60. The molecular weight excluding hydrogens is 530 g/mol. The number of ether oxygens (including phenoxy) is 1. The maximum Gasteiger partial charge on any atom is 0.280 e. The van der Waals surface area contributed by atoms with Gasteiger partial charge >= 0.3 is 0 Å². The molecule has 194 valence electrons. The summed E-state index contributed by atoms with van der Waals surface area (Å²) in [5.41, 5.74) is 2.09. The van der Waals surface area contributed by atoms with E-state index in [1.165, 1.54) is 15.6 Å². The molecular formula is C27H28ClN3O4S2. The highest BCUT2D eigenvalue weighted by atomic mass is 35.5. The van der Waals surface area contributed by atoms with Gasteiger partial charge in [0.25, 0.3) is 10.2 Å². The molecule has 0 amide bonds.